The molecule has 0 unspecified atom stereocenters. The summed E-state index contributed by atoms with van der Waals surface area (Å²) in [7, 11) is -2.23. The van der Waals surface area contributed by atoms with E-state index in [2.05, 4.69) is 14.6 Å². The number of rotatable bonds is 10. The fourth-order valence-corrected chi connectivity index (χ4v) is 6.56. The maximum atomic E-state index is 15.0. The number of piperazine rings is 1. The third-order valence-corrected chi connectivity index (χ3v) is 9.82. The van der Waals surface area contributed by atoms with Crippen molar-refractivity contribution in [1.82, 2.24) is 14.8 Å². The van der Waals surface area contributed by atoms with Crippen LogP contribution in [0.25, 0.3) is 0 Å². The molecular formula is C32H30Cl2FN5O6S. The molecular weight excluding hydrogens is 672 g/mol. The lowest BCUT2D eigenvalue weighted by atomic mass is 10.1. The van der Waals surface area contributed by atoms with Crippen molar-refractivity contribution in [2.24, 2.45) is 0 Å². The number of fused-ring (bicyclic) bond motifs is 1. The molecule has 1 aromatic heterocycles. The first kappa shape index (κ1) is 32.6. The van der Waals surface area contributed by atoms with Crippen LogP contribution in [0.4, 0.5) is 15.8 Å². The number of amides is 1. The van der Waals surface area contributed by atoms with Crippen LogP contribution in [0.5, 0.6) is 23.1 Å². The molecule has 1 fully saturated rings. The predicted molar refractivity (Wildman–Crippen MR) is 176 cm³/mol. The van der Waals surface area contributed by atoms with E-state index < -0.39 is 15.8 Å². The number of anilines is 2. The Bertz CT molecular complexity index is 1890. The van der Waals surface area contributed by atoms with E-state index in [0.717, 1.165) is 36.7 Å². The third kappa shape index (κ3) is 7.82. The van der Waals surface area contributed by atoms with Gasteiger partial charge in [-0.25, -0.2) is 17.8 Å². The van der Waals surface area contributed by atoms with Gasteiger partial charge in [0.05, 0.1) is 33.4 Å². The van der Waals surface area contributed by atoms with Crippen molar-refractivity contribution in [2.45, 2.75) is 11.4 Å². The van der Waals surface area contributed by atoms with E-state index in [0.29, 0.717) is 18.8 Å². The maximum Gasteiger partial charge on any atom is 0.261 e. The molecule has 0 aliphatic carbocycles. The number of benzene rings is 3. The van der Waals surface area contributed by atoms with E-state index >= 15 is 4.39 Å². The van der Waals surface area contributed by atoms with Crippen molar-refractivity contribution in [2.75, 3.05) is 56.2 Å². The van der Waals surface area contributed by atoms with Crippen LogP contribution in [0.2, 0.25) is 10.0 Å². The summed E-state index contributed by atoms with van der Waals surface area (Å²) in [5.74, 6) is 0.788. The first-order chi connectivity index (χ1) is 22.5. The van der Waals surface area contributed by atoms with Gasteiger partial charge in [-0.15, -0.1) is 0 Å². The molecule has 2 aliphatic rings. The highest BCUT2D eigenvalue weighted by Gasteiger charge is 2.23. The number of halogens is 3. The quantitative estimate of drug-likeness (QED) is 0.225. The standard InChI is InChI=1S/C32H30Cl2FN5O6S/c1-38(19-32(41)40-12-10-39(11-13-40)18-21-2-7-29-30(14-21)45-20-44-29)23-4-8-28(27(35)15-23)46-31-9-3-22(17-36-31)37-47(42,43)24-5-6-25(33)26(34)16-24/h2-9,14-17,37H,10-13,18-20H2,1H3. The Kier molecular flexibility index (Phi) is 9.60. The molecule has 3 heterocycles. The highest BCUT2D eigenvalue weighted by Crippen LogP contribution is 2.33. The van der Waals surface area contributed by atoms with Crippen LogP contribution in [0.3, 0.4) is 0 Å². The van der Waals surface area contributed by atoms with Gasteiger partial charge in [0.2, 0.25) is 18.6 Å². The Balaban J connectivity index is 0.989. The molecule has 0 saturated carbocycles. The van der Waals surface area contributed by atoms with Crippen LogP contribution in [0.1, 0.15) is 5.56 Å². The number of likely N-dealkylation sites (N-methyl/N-ethyl adjacent to an activating group) is 1. The summed E-state index contributed by atoms with van der Waals surface area (Å²) in [5.41, 5.74) is 1.79. The number of ether oxygens (including phenoxy) is 3. The van der Waals surface area contributed by atoms with Gasteiger partial charge in [-0.3, -0.25) is 14.4 Å². The average Bonchev–Trinajstić information content (AvgIpc) is 3.52. The lowest BCUT2D eigenvalue weighted by Crippen LogP contribution is -2.50. The number of hydrogen-bond donors (Lipinski definition) is 1. The minimum atomic E-state index is -3.95. The molecule has 0 radical (unpaired) electrons. The van der Waals surface area contributed by atoms with Crippen LogP contribution >= 0.6 is 23.2 Å². The second-order valence-corrected chi connectivity index (χ2v) is 13.5. The summed E-state index contributed by atoms with van der Waals surface area (Å²) in [6.07, 6.45) is 1.24. The van der Waals surface area contributed by atoms with Crippen molar-refractivity contribution in [1.29, 1.82) is 0 Å². The summed E-state index contributed by atoms with van der Waals surface area (Å²) < 4.78 is 59.2. The number of nitrogens with one attached hydrogen (secondary N) is 1. The molecule has 47 heavy (non-hydrogen) atoms. The molecule has 4 aromatic rings. The number of pyridine rings is 1. The number of carbonyl (C=O) groups is 1. The molecule has 1 saturated heterocycles. The van der Waals surface area contributed by atoms with Crippen molar-refractivity contribution in [3.8, 4) is 23.1 Å². The second-order valence-electron chi connectivity index (χ2n) is 11.0. The second kappa shape index (κ2) is 13.8. The zero-order chi connectivity index (χ0) is 33.1. The van der Waals surface area contributed by atoms with Crippen molar-refractivity contribution in [3.63, 3.8) is 0 Å². The minimum absolute atomic E-state index is 0.0463. The molecule has 6 rings (SSSR count). The monoisotopic (exact) mass is 701 g/mol. The van der Waals surface area contributed by atoms with Crippen molar-refractivity contribution < 1.29 is 31.8 Å². The summed E-state index contributed by atoms with van der Waals surface area (Å²) in [5, 5.41) is 0.334. The first-order valence-electron chi connectivity index (χ1n) is 14.6. The zero-order valence-corrected chi connectivity index (χ0v) is 27.5. The van der Waals surface area contributed by atoms with E-state index in [1.54, 1.807) is 18.0 Å². The molecule has 0 bridgehead atoms. The van der Waals surface area contributed by atoms with Gasteiger partial charge in [-0.05, 0) is 54.1 Å². The van der Waals surface area contributed by atoms with Crippen molar-refractivity contribution >= 4 is 50.5 Å². The Morgan fingerprint density at radius 3 is 2.49 bits per heavy atom. The highest BCUT2D eigenvalue weighted by atomic mass is 35.5. The normalized spacial score (nSPS) is 14.6. The first-order valence-corrected chi connectivity index (χ1v) is 16.8. The third-order valence-electron chi connectivity index (χ3n) is 7.70. The largest absolute Gasteiger partial charge is 0.454 e. The molecule has 0 spiro atoms. The number of aromatic nitrogens is 1. The average molecular weight is 703 g/mol. The number of sulfonamides is 1. The molecule has 2 aliphatic heterocycles. The summed E-state index contributed by atoms with van der Waals surface area (Å²) in [6.45, 7) is 3.76. The smallest absolute Gasteiger partial charge is 0.261 e. The SMILES string of the molecule is CN(CC(=O)N1CCN(Cc2ccc3c(c2)OCO3)CC1)c1ccc(Oc2ccc(NS(=O)(=O)c3ccc(Cl)c(Cl)c3)cn2)c(F)c1. The minimum Gasteiger partial charge on any atom is -0.454 e. The molecule has 15 heteroatoms. The fourth-order valence-electron chi connectivity index (χ4n) is 5.13. The van der Waals surface area contributed by atoms with Crippen molar-refractivity contribution in [3.05, 3.63) is 94.4 Å². The van der Waals surface area contributed by atoms with E-state index in [4.69, 9.17) is 37.4 Å². The van der Waals surface area contributed by atoms with Crippen LogP contribution in [-0.2, 0) is 21.4 Å². The molecule has 1 N–H and O–H groups in total. The Hall–Kier alpha value is -4.30. The number of nitrogens with zero attached hydrogens (tertiary/aromatic N) is 4. The van der Waals surface area contributed by atoms with Crippen LogP contribution in [0, 0.1) is 5.82 Å². The Labute approximate surface area is 281 Å². The van der Waals surface area contributed by atoms with E-state index in [1.165, 1.54) is 48.7 Å². The van der Waals surface area contributed by atoms with Gasteiger partial charge in [-0.1, -0.05) is 29.3 Å². The lowest BCUT2D eigenvalue weighted by Gasteiger charge is -2.35. The summed E-state index contributed by atoms with van der Waals surface area (Å²) in [6, 6.07) is 17.1. The van der Waals surface area contributed by atoms with Gasteiger partial charge in [0.15, 0.2) is 23.1 Å². The molecule has 11 nitrogen and oxygen atoms in total. The fraction of sp³-hybridized carbons (Fsp3) is 0.250. The van der Waals surface area contributed by atoms with E-state index in [1.807, 2.05) is 23.1 Å². The van der Waals surface area contributed by atoms with Gasteiger partial charge in [0.25, 0.3) is 10.0 Å². The van der Waals surface area contributed by atoms with Gasteiger partial charge >= 0.3 is 0 Å². The Morgan fingerprint density at radius 2 is 1.77 bits per heavy atom. The van der Waals surface area contributed by atoms with Gasteiger partial charge in [-0.2, -0.15) is 0 Å². The maximum absolute atomic E-state index is 15.0. The van der Waals surface area contributed by atoms with Gasteiger partial charge < -0.3 is 24.0 Å². The molecule has 1 amide bonds. The van der Waals surface area contributed by atoms with Gasteiger partial charge in [0.1, 0.15) is 0 Å². The number of carbonyl (C=O) groups excluding carboxylic acids is 1. The number of hydrogen-bond acceptors (Lipinski definition) is 9. The van der Waals surface area contributed by atoms with Crippen LogP contribution < -0.4 is 23.8 Å². The summed E-state index contributed by atoms with van der Waals surface area (Å²) in [4.78, 5) is 22.8. The van der Waals surface area contributed by atoms with Crippen LogP contribution in [0.15, 0.2) is 77.8 Å². The van der Waals surface area contributed by atoms with Gasteiger partial charge in [0, 0.05) is 57.6 Å². The predicted octanol–water partition coefficient (Wildman–Crippen LogP) is 5.63. The molecule has 0 atom stereocenters. The molecule has 3 aromatic carbocycles. The zero-order valence-electron chi connectivity index (χ0n) is 25.2. The van der Waals surface area contributed by atoms with Crippen LogP contribution in [-0.4, -0.2) is 75.7 Å². The lowest BCUT2D eigenvalue weighted by molar-refractivity contribution is -0.131. The highest BCUT2D eigenvalue weighted by molar-refractivity contribution is 7.92. The summed E-state index contributed by atoms with van der Waals surface area (Å²) >= 11 is 11.8. The Morgan fingerprint density at radius 1 is 0.979 bits per heavy atom. The molecule has 246 valence electrons. The topological polar surface area (TPSA) is 114 Å². The van der Waals surface area contributed by atoms with E-state index in [9.17, 15) is 13.2 Å². The van der Waals surface area contributed by atoms with E-state index in [-0.39, 0.29) is 51.5 Å².